The first-order chi connectivity index (χ1) is 7.08. The Morgan fingerprint density at radius 3 is 2.53 bits per heavy atom. The fourth-order valence-corrected chi connectivity index (χ4v) is 2.26. The van der Waals surface area contributed by atoms with E-state index in [0.717, 1.165) is 5.56 Å². The molecule has 1 aliphatic rings. The lowest BCUT2D eigenvalue weighted by molar-refractivity contribution is 0.406. The molecule has 1 N–H and O–H groups in total. The zero-order valence-corrected chi connectivity index (χ0v) is 9.25. The first kappa shape index (κ1) is 10.6. The van der Waals surface area contributed by atoms with Crippen molar-refractivity contribution in [2.75, 3.05) is 13.2 Å². The number of sulfonamides is 1. The van der Waals surface area contributed by atoms with Crippen LogP contribution in [0.2, 0.25) is 0 Å². The van der Waals surface area contributed by atoms with Crippen molar-refractivity contribution in [1.29, 1.82) is 0 Å². The second-order valence-electron chi connectivity index (χ2n) is 3.62. The number of ether oxygens (including phenoxy) is 1. The lowest BCUT2D eigenvalue weighted by Gasteiger charge is -2.05. The smallest absolute Gasteiger partial charge is 0.240 e. The van der Waals surface area contributed by atoms with Gasteiger partial charge in [-0.25, -0.2) is 13.1 Å². The van der Waals surface area contributed by atoms with Crippen LogP contribution in [-0.4, -0.2) is 27.7 Å². The van der Waals surface area contributed by atoms with Crippen LogP contribution in [0.5, 0.6) is 0 Å². The molecule has 1 aromatic rings. The average molecular weight is 227 g/mol. The molecule has 1 saturated heterocycles. The molecule has 5 heteroatoms. The predicted octanol–water partition coefficient (Wildman–Crippen LogP) is 0.672. The van der Waals surface area contributed by atoms with Gasteiger partial charge in [-0.15, -0.1) is 0 Å². The SMILES string of the molecule is Cc1ccc(S(=O)(=O)NCC2CO2)cc1. The van der Waals surface area contributed by atoms with E-state index in [4.69, 9.17) is 4.74 Å². The number of hydrogen-bond donors (Lipinski definition) is 1. The van der Waals surface area contributed by atoms with Crippen molar-refractivity contribution in [2.45, 2.75) is 17.9 Å². The molecule has 1 aliphatic heterocycles. The highest BCUT2D eigenvalue weighted by atomic mass is 32.2. The Hall–Kier alpha value is -0.910. The van der Waals surface area contributed by atoms with Gasteiger partial charge in [0.05, 0.1) is 17.6 Å². The van der Waals surface area contributed by atoms with Crippen LogP contribution in [0.25, 0.3) is 0 Å². The highest BCUT2D eigenvalue weighted by Gasteiger charge is 2.25. The number of aryl methyl sites for hydroxylation is 1. The minimum atomic E-state index is -3.36. The zero-order chi connectivity index (χ0) is 10.9. The van der Waals surface area contributed by atoms with Crippen LogP contribution in [0.3, 0.4) is 0 Å². The summed E-state index contributed by atoms with van der Waals surface area (Å²) in [6, 6.07) is 6.77. The van der Waals surface area contributed by atoms with Crippen molar-refractivity contribution < 1.29 is 13.2 Å². The van der Waals surface area contributed by atoms with Gasteiger partial charge >= 0.3 is 0 Å². The molecule has 0 radical (unpaired) electrons. The van der Waals surface area contributed by atoms with Gasteiger partial charge in [-0.2, -0.15) is 0 Å². The van der Waals surface area contributed by atoms with Gasteiger partial charge in [-0.3, -0.25) is 0 Å². The normalized spacial score (nSPS) is 20.2. The van der Waals surface area contributed by atoms with E-state index >= 15 is 0 Å². The second kappa shape index (κ2) is 3.92. The molecule has 1 unspecified atom stereocenters. The van der Waals surface area contributed by atoms with Gasteiger partial charge in [0, 0.05) is 6.54 Å². The zero-order valence-electron chi connectivity index (χ0n) is 8.43. The molecule has 15 heavy (non-hydrogen) atoms. The first-order valence-electron chi connectivity index (χ1n) is 4.76. The monoisotopic (exact) mass is 227 g/mol. The third-order valence-corrected chi connectivity index (χ3v) is 3.67. The Morgan fingerprint density at radius 1 is 1.40 bits per heavy atom. The molecule has 0 amide bonds. The summed E-state index contributed by atoms with van der Waals surface area (Å²) in [4.78, 5) is 0.300. The number of rotatable bonds is 4. The highest BCUT2D eigenvalue weighted by molar-refractivity contribution is 7.89. The number of benzene rings is 1. The minimum Gasteiger partial charge on any atom is -0.372 e. The van der Waals surface area contributed by atoms with Gasteiger partial charge < -0.3 is 4.74 Å². The molecule has 0 aromatic heterocycles. The Kier molecular flexibility index (Phi) is 2.77. The summed E-state index contributed by atoms with van der Waals surface area (Å²) in [6.07, 6.45) is 0.0604. The third kappa shape index (κ3) is 2.77. The summed E-state index contributed by atoms with van der Waals surface area (Å²) in [5.74, 6) is 0. The number of epoxide rings is 1. The topological polar surface area (TPSA) is 58.7 Å². The van der Waals surface area contributed by atoms with Gasteiger partial charge in [0.25, 0.3) is 0 Å². The minimum absolute atomic E-state index is 0.0604. The van der Waals surface area contributed by atoms with E-state index in [9.17, 15) is 8.42 Å². The molecule has 0 aliphatic carbocycles. The van der Waals surface area contributed by atoms with E-state index in [1.165, 1.54) is 0 Å². The molecule has 0 bridgehead atoms. The van der Waals surface area contributed by atoms with Gasteiger partial charge in [0.2, 0.25) is 10.0 Å². The van der Waals surface area contributed by atoms with Crippen LogP contribution < -0.4 is 4.72 Å². The van der Waals surface area contributed by atoms with E-state index in [1.807, 2.05) is 6.92 Å². The fraction of sp³-hybridized carbons (Fsp3) is 0.400. The standard InChI is InChI=1S/C10H13NO3S/c1-8-2-4-10(5-3-8)15(12,13)11-6-9-7-14-9/h2-5,9,11H,6-7H2,1H3. The van der Waals surface area contributed by atoms with Crippen LogP contribution in [0.1, 0.15) is 5.56 Å². The van der Waals surface area contributed by atoms with E-state index in [-0.39, 0.29) is 6.10 Å². The molecule has 1 atom stereocenters. The summed E-state index contributed by atoms with van der Waals surface area (Å²) in [5.41, 5.74) is 1.04. The van der Waals surface area contributed by atoms with Gasteiger partial charge in [0.1, 0.15) is 0 Å². The molecular weight excluding hydrogens is 214 g/mol. The van der Waals surface area contributed by atoms with Gasteiger partial charge in [-0.1, -0.05) is 17.7 Å². The quantitative estimate of drug-likeness (QED) is 0.769. The van der Waals surface area contributed by atoms with Gasteiger partial charge in [-0.05, 0) is 19.1 Å². The van der Waals surface area contributed by atoms with Crippen LogP contribution in [0.4, 0.5) is 0 Å². The van der Waals surface area contributed by atoms with Gasteiger partial charge in [0.15, 0.2) is 0 Å². The molecule has 0 spiro atoms. The second-order valence-corrected chi connectivity index (χ2v) is 5.39. The Morgan fingerprint density at radius 2 is 2.00 bits per heavy atom. The maximum absolute atomic E-state index is 11.7. The largest absolute Gasteiger partial charge is 0.372 e. The van der Waals surface area contributed by atoms with E-state index in [0.29, 0.717) is 18.0 Å². The molecular formula is C10H13NO3S. The third-order valence-electron chi connectivity index (χ3n) is 2.23. The van der Waals surface area contributed by atoms with E-state index < -0.39 is 10.0 Å². The van der Waals surface area contributed by atoms with Crippen molar-refractivity contribution in [3.63, 3.8) is 0 Å². The van der Waals surface area contributed by atoms with Crippen molar-refractivity contribution in [1.82, 2.24) is 4.72 Å². The number of hydrogen-bond acceptors (Lipinski definition) is 3. The molecule has 4 nitrogen and oxygen atoms in total. The maximum atomic E-state index is 11.7. The van der Waals surface area contributed by atoms with Crippen LogP contribution in [0.15, 0.2) is 29.2 Å². The van der Waals surface area contributed by atoms with Crippen molar-refractivity contribution in [3.05, 3.63) is 29.8 Å². The Labute approximate surface area is 89.3 Å². The summed E-state index contributed by atoms with van der Waals surface area (Å²) in [7, 11) is -3.36. The van der Waals surface area contributed by atoms with Crippen molar-refractivity contribution in [3.8, 4) is 0 Å². The molecule has 2 rings (SSSR count). The molecule has 1 fully saturated rings. The van der Waals surface area contributed by atoms with Crippen LogP contribution in [0, 0.1) is 6.92 Å². The Balaban J connectivity index is 2.09. The summed E-state index contributed by atoms with van der Waals surface area (Å²) < 4.78 is 30.9. The van der Waals surface area contributed by atoms with Crippen LogP contribution >= 0.6 is 0 Å². The lowest BCUT2D eigenvalue weighted by Crippen LogP contribution is -2.27. The van der Waals surface area contributed by atoms with Crippen molar-refractivity contribution in [2.24, 2.45) is 0 Å². The molecule has 1 heterocycles. The molecule has 0 saturated carbocycles. The predicted molar refractivity (Wildman–Crippen MR) is 56.1 cm³/mol. The van der Waals surface area contributed by atoms with Crippen molar-refractivity contribution >= 4 is 10.0 Å². The maximum Gasteiger partial charge on any atom is 0.240 e. The van der Waals surface area contributed by atoms with Crippen LogP contribution in [-0.2, 0) is 14.8 Å². The van der Waals surface area contributed by atoms with E-state index in [2.05, 4.69) is 4.72 Å². The lowest BCUT2D eigenvalue weighted by atomic mass is 10.2. The first-order valence-corrected chi connectivity index (χ1v) is 6.24. The summed E-state index contributed by atoms with van der Waals surface area (Å²) >= 11 is 0. The highest BCUT2D eigenvalue weighted by Crippen LogP contribution is 2.12. The fourth-order valence-electron chi connectivity index (χ4n) is 1.19. The molecule has 1 aromatic carbocycles. The number of nitrogens with one attached hydrogen (secondary N) is 1. The molecule has 82 valence electrons. The Bertz CT molecular complexity index is 434. The average Bonchev–Trinajstić information content (AvgIpc) is 2.99. The summed E-state index contributed by atoms with van der Waals surface area (Å²) in [5, 5.41) is 0. The summed E-state index contributed by atoms with van der Waals surface area (Å²) in [6.45, 7) is 2.93. The van der Waals surface area contributed by atoms with E-state index in [1.54, 1.807) is 24.3 Å².